The normalized spacial score (nSPS) is 12.3. The zero-order chi connectivity index (χ0) is 9.97. The molecular formula is C13H11N. The number of rotatable bonds is 1. The summed E-state index contributed by atoms with van der Waals surface area (Å²) in [6, 6.07) is 10.1. The van der Waals surface area contributed by atoms with Crippen LogP contribution in [0.5, 0.6) is 0 Å². The van der Waals surface area contributed by atoms with Crippen LogP contribution in [0.25, 0.3) is 10.9 Å². The maximum absolute atomic E-state index is 5.37. The van der Waals surface area contributed by atoms with Crippen LogP contribution in [0.15, 0.2) is 36.5 Å². The van der Waals surface area contributed by atoms with Crippen molar-refractivity contribution in [2.24, 2.45) is 0 Å². The Kier molecular flexibility index (Phi) is 2.20. The first kappa shape index (κ1) is 8.77. The van der Waals surface area contributed by atoms with Crippen molar-refractivity contribution >= 4 is 10.9 Å². The molecule has 2 aromatic rings. The molecule has 68 valence electrons. The fourth-order valence-electron chi connectivity index (χ4n) is 1.42. The number of benzene rings is 1. The van der Waals surface area contributed by atoms with Gasteiger partial charge in [-0.25, -0.2) is 0 Å². The van der Waals surface area contributed by atoms with Gasteiger partial charge in [-0.3, -0.25) is 4.98 Å². The first-order valence-electron chi connectivity index (χ1n) is 4.62. The third kappa shape index (κ3) is 1.47. The molecule has 0 radical (unpaired) electrons. The summed E-state index contributed by atoms with van der Waals surface area (Å²) in [7, 11) is 0. The number of para-hydroxylation sites is 1. The minimum atomic E-state index is 0.132. The second-order valence-electron chi connectivity index (χ2n) is 3.35. The minimum Gasteiger partial charge on any atom is -0.256 e. The number of hydrogen-bond acceptors (Lipinski definition) is 1. The molecule has 14 heavy (non-hydrogen) atoms. The third-order valence-electron chi connectivity index (χ3n) is 2.36. The van der Waals surface area contributed by atoms with Gasteiger partial charge >= 0.3 is 0 Å². The molecule has 0 bridgehead atoms. The highest BCUT2D eigenvalue weighted by Gasteiger charge is 2.02. The van der Waals surface area contributed by atoms with Gasteiger partial charge in [-0.1, -0.05) is 24.1 Å². The second kappa shape index (κ2) is 3.51. The topological polar surface area (TPSA) is 12.9 Å². The molecule has 0 aliphatic heterocycles. The Bertz CT molecular complexity index is 494. The molecule has 1 nitrogen and oxygen atoms in total. The van der Waals surface area contributed by atoms with Gasteiger partial charge < -0.3 is 0 Å². The van der Waals surface area contributed by atoms with E-state index in [1.165, 1.54) is 0 Å². The van der Waals surface area contributed by atoms with Crippen LogP contribution in [-0.4, -0.2) is 4.98 Å². The van der Waals surface area contributed by atoms with Crippen molar-refractivity contribution in [1.82, 2.24) is 4.98 Å². The summed E-state index contributed by atoms with van der Waals surface area (Å²) in [5, 5.41) is 1.15. The van der Waals surface area contributed by atoms with Gasteiger partial charge in [-0.15, -0.1) is 6.42 Å². The van der Waals surface area contributed by atoms with E-state index in [0.29, 0.717) is 0 Å². The van der Waals surface area contributed by atoms with Crippen molar-refractivity contribution in [2.75, 3.05) is 0 Å². The lowest BCUT2D eigenvalue weighted by molar-refractivity contribution is 0.996. The number of terminal acetylenes is 1. The van der Waals surface area contributed by atoms with Crippen molar-refractivity contribution < 1.29 is 0 Å². The Balaban J connectivity index is 2.58. The average Bonchev–Trinajstić information content (AvgIpc) is 2.27. The van der Waals surface area contributed by atoms with E-state index in [1.807, 2.05) is 31.3 Å². The lowest BCUT2D eigenvalue weighted by Crippen LogP contribution is -1.90. The van der Waals surface area contributed by atoms with Crippen molar-refractivity contribution in [3.8, 4) is 12.3 Å². The first-order chi connectivity index (χ1) is 6.81. The molecule has 0 amide bonds. The molecule has 1 atom stereocenters. The quantitative estimate of drug-likeness (QED) is 0.616. The average molecular weight is 181 g/mol. The fourth-order valence-corrected chi connectivity index (χ4v) is 1.42. The molecule has 1 heterocycles. The van der Waals surface area contributed by atoms with E-state index in [9.17, 15) is 0 Å². The Morgan fingerprint density at radius 1 is 1.36 bits per heavy atom. The van der Waals surface area contributed by atoms with Gasteiger partial charge in [0.15, 0.2) is 0 Å². The molecule has 0 N–H and O–H groups in total. The molecule has 0 aliphatic rings. The van der Waals surface area contributed by atoms with Crippen LogP contribution in [0.3, 0.4) is 0 Å². The van der Waals surface area contributed by atoms with Crippen LogP contribution in [0.1, 0.15) is 18.4 Å². The van der Waals surface area contributed by atoms with Gasteiger partial charge in [0.05, 0.1) is 5.52 Å². The molecule has 0 aliphatic carbocycles. The molecule has 2 rings (SSSR count). The van der Waals surface area contributed by atoms with Gasteiger partial charge in [0.2, 0.25) is 0 Å². The van der Waals surface area contributed by atoms with E-state index in [-0.39, 0.29) is 5.92 Å². The molecule has 0 saturated heterocycles. The highest BCUT2D eigenvalue weighted by Crippen LogP contribution is 2.18. The summed E-state index contributed by atoms with van der Waals surface area (Å²) in [4.78, 5) is 4.35. The number of hydrogen-bond donors (Lipinski definition) is 0. The first-order valence-corrected chi connectivity index (χ1v) is 4.62. The third-order valence-corrected chi connectivity index (χ3v) is 2.36. The Morgan fingerprint density at radius 2 is 2.14 bits per heavy atom. The van der Waals surface area contributed by atoms with Crippen molar-refractivity contribution in [2.45, 2.75) is 12.8 Å². The van der Waals surface area contributed by atoms with Crippen molar-refractivity contribution in [3.05, 3.63) is 42.1 Å². The Labute approximate surface area is 83.8 Å². The molecule has 1 unspecified atom stereocenters. The van der Waals surface area contributed by atoms with E-state index in [1.54, 1.807) is 0 Å². The zero-order valence-corrected chi connectivity index (χ0v) is 8.07. The molecule has 1 heteroatoms. The molecule has 0 spiro atoms. The number of fused-ring (bicyclic) bond motifs is 1. The highest BCUT2D eigenvalue weighted by molar-refractivity contribution is 5.78. The van der Waals surface area contributed by atoms with Crippen molar-refractivity contribution in [1.29, 1.82) is 0 Å². The summed E-state index contributed by atoms with van der Waals surface area (Å²) < 4.78 is 0. The van der Waals surface area contributed by atoms with Crippen LogP contribution in [0, 0.1) is 12.3 Å². The Hall–Kier alpha value is -1.81. The predicted molar refractivity (Wildman–Crippen MR) is 59.0 cm³/mol. The second-order valence-corrected chi connectivity index (χ2v) is 3.35. The summed E-state index contributed by atoms with van der Waals surface area (Å²) in [6.45, 7) is 2.01. The molecule has 1 aromatic carbocycles. The molecule has 0 saturated carbocycles. The van der Waals surface area contributed by atoms with E-state index in [0.717, 1.165) is 16.5 Å². The maximum atomic E-state index is 5.37. The molecule has 0 fully saturated rings. The lowest BCUT2D eigenvalue weighted by Gasteiger charge is -2.04. The SMILES string of the molecule is C#CC(C)c1cnc2ccccc2c1. The van der Waals surface area contributed by atoms with Gasteiger partial charge in [0.1, 0.15) is 0 Å². The van der Waals surface area contributed by atoms with Crippen LogP contribution in [-0.2, 0) is 0 Å². The van der Waals surface area contributed by atoms with E-state index >= 15 is 0 Å². The summed E-state index contributed by atoms with van der Waals surface area (Å²) >= 11 is 0. The van der Waals surface area contributed by atoms with Gasteiger partial charge in [-0.05, 0) is 24.6 Å². The maximum Gasteiger partial charge on any atom is 0.0702 e. The monoisotopic (exact) mass is 181 g/mol. The van der Waals surface area contributed by atoms with E-state index < -0.39 is 0 Å². The number of nitrogens with zero attached hydrogens (tertiary/aromatic N) is 1. The standard InChI is InChI=1S/C13H11N/c1-3-10(2)12-8-11-6-4-5-7-13(11)14-9-12/h1,4-10H,2H3. The fraction of sp³-hybridized carbons (Fsp3) is 0.154. The van der Waals surface area contributed by atoms with Gasteiger partial charge in [-0.2, -0.15) is 0 Å². The number of pyridine rings is 1. The smallest absolute Gasteiger partial charge is 0.0702 e. The summed E-state index contributed by atoms with van der Waals surface area (Å²) in [6.07, 6.45) is 7.22. The predicted octanol–water partition coefficient (Wildman–Crippen LogP) is 2.97. The molecular weight excluding hydrogens is 170 g/mol. The van der Waals surface area contributed by atoms with Gasteiger partial charge in [0.25, 0.3) is 0 Å². The van der Waals surface area contributed by atoms with Crippen LogP contribution in [0.4, 0.5) is 0 Å². The zero-order valence-electron chi connectivity index (χ0n) is 8.07. The van der Waals surface area contributed by atoms with E-state index in [4.69, 9.17) is 6.42 Å². The highest BCUT2D eigenvalue weighted by atomic mass is 14.6. The van der Waals surface area contributed by atoms with Crippen LogP contribution in [0.2, 0.25) is 0 Å². The largest absolute Gasteiger partial charge is 0.256 e. The van der Waals surface area contributed by atoms with Crippen molar-refractivity contribution in [3.63, 3.8) is 0 Å². The minimum absolute atomic E-state index is 0.132. The number of aromatic nitrogens is 1. The lowest BCUT2D eigenvalue weighted by atomic mass is 10.0. The molecule has 1 aromatic heterocycles. The van der Waals surface area contributed by atoms with Crippen LogP contribution < -0.4 is 0 Å². The van der Waals surface area contributed by atoms with Crippen LogP contribution >= 0.6 is 0 Å². The Morgan fingerprint density at radius 3 is 2.93 bits per heavy atom. The summed E-state index contributed by atoms with van der Waals surface area (Å²) in [5.74, 6) is 2.84. The van der Waals surface area contributed by atoms with Gasteiger partial charge in [0, 0.05) is 17.5 Å². The summed E-state index contributed by atoms with van der Waals surface area (Å²) in [5.41, 5.74) is 2.12. The van der Waals surface area contributed by atoms with E-state index in [2.05, 4.69) is 23.0 Å².